The van der Waals surface area contributed by atoms with Crippen molar-refractivity contribution >= 4 is 39.7 Å². The Hall–Kier alpha value is -2.87. The molecule has 0 aliphatic heterocycles. The topological polar surface area (TPSA) is 52.9 Å². The van der Waals surface area contributed by atoms with Crippen LogP contribution in [0.1, 0.15) is 11.1 Å². The molecule has 34 heavy (non-hydrogen) atoms. The molecule has 0 aromatic heterocycles. The standard InChI is InChI=1S/C29H28INO3/c1-21-2-10-25(11-3-21)31(26-12-4-22(18-30)5-13-26)27-14-6-23(7-15-27)24-8-16-29(17-9-24)34-20-28(33)19-32/h2-17,28,32-33H,18-20H2,1H3. The first-order valence-electron chi connectivity index (χ1n) is 11.2. The number of alkyl halides is 1. The van der Waals surface area contributed by atoms with Gasteiger partial charge in [0.15, 0.2) is 0 Å². The number of aliphatic hydroxyl groups is 2. The third-order valence-electron chi connectivity index (χ3n) is 5.61. The number of aliphatic hydroxyl groups excluding tert-OH is 2. The third-order valence-corrected chi connectivity index (χ3v) is 6.49. The van der Waals surface area contributed by atoms with E-state index in [4.69, 9.17) is 9.84 Å². The predicted octanol–water partition coefficient (Wildman–Crippen LogP) is 6.80. The van der Waals surface area contributed by atoms with Gasteiger partial charge in [0.05, 0.1) is 6.61 Å². The van der Waals surface area contributed by atoms with Crippen molar-refractivity contribution in [1.82, 2.24) is 0 Å². The van der Waals surface area contributed by atoms with Crippen LogP contribution in [0.5, 0.6) is 5.75 Å². The minimum Gasteiger partial charge on any atom is -0.491 e. The van der Waals surface area contributed by atoms with Crippen molar-refractivity contribution in [1.29, 1.82) is 0 Å². The summed E-state index contributed by atoms with van der Waals surface area (Å²) in [5.74, 6) is 0.661. The quantitative estimate of drug-likeness (QED) is 0.173. The first kappa shape index (κ1) is 24.3. The summed E-state index contributed by atoms with van der Waals surface area (Å²) in [6, 6.07) is 33.6. The average molecular weight is 565 g/mol. The van der Waals surface area contributed by atoms with Crippen LogP contribution in [0.25, 0.3) is 11.1 Å². The van der Waals surface area contributed by atoms with Gasteiger partial charge in [-0.25, -0.2) is 0 Å². The van der Waals surface area contributed by atoms with E-state index in [0.717, 1.165) is 32.6 Å². The van der Waals surface area contributed by atoms with Crippen LogP contribution in [0, 0.1) is 6.92 Å². The molecular formula is C29H28INO3. The zero-order chi connectivity index (χ0) is 23.9. The van der Waals surface area contributed by atoms with Gasteiger partial charge in [-0.05, 0) is 72.1 Å². The van der Waals surface area contributed by atoms with Gasteiger partial charge in [0, 0.05) is 21.5 Å². The van der Waals surface area contributed by atoms with Crippen molar-refractivity contribution in [3.63, 3.8) is 0 Å². The van der Waals surface area contributed by atoms with Crippen LogP contribution in [-0.2, 0) is 4.43 Å². The number of rotatable bonds is 9. The first-order valence-corrected chi connectivity index (χ1v) is 12.7. The molecule has 1 atom stereocenters. The second-order valence-corrected chi connectivity index (χ2v) is 8.95. The number of hydrogen-bond acceptors (Lipinski definition) is 4. The Balaban J connectivity index is 1.59. The molecule has 4 aromatic carbocycles. The van der Waals surface area contributed by atoms with Gasteiger partial charge < -0.3 is 19.8 Å². The summed E-state index contributed by atoms with van der Waals surface area (Å²) in [4.78, 5) is 2.27. The highest BCUT2D eigenvalue weighted by atomic mass is 127. The summed E-state index contributed by atoms with van der Waals surface area (Å²) in [5, 5.41) is 18.4. The molecule has 4 rings (SSSR count). The highest BCUT2D eigenvalue weighted by Gasteiger charge is 2.13. The lowest BCUT2D eigenvalue weighted by Crippen LogP contribution is -2.21. The Labute approximate surface area is 214 Å². The first-order chi connectivity index (χ1) is 16.6. The molecule has 0 saturated heterocycles. The van der Waals surface area contributed by atoms with Gasteiger partial charge in [-0.1, -0.05) is 76.7 Å². The van der Waals surface area contributed by atoms with E-state index in [0.29, 0.717) is 5.75 Å². The molecule has 0 spiro atoms. The molecule has 0 fully saturated rings. The van der Waals surface area contributed by atoms with Crippen LogP contribution in [0.3, 0.4) is 0 Å². The minimum atomic E-state index is -0.874. The Morgan fingerprint density at radius 1 is 0.735 bits per heavy atom. The fourth-order valence-corrected chi connectivity index (χ4v) is 4.18. The molecule has 174 valence electrons. The molecule has 0 aliphatic carbocycles. The number of halogens is 1. The van der Waals surface area contributed by atoms with E-state index in [1.807, 2.05) is 24.3 Å². The van der Waals surface area contributed by atoms with Crippen molar-refractivity contribution in [2.75, 3.05) is 18.1 Å². The van der Waals surface area contributed by atoms with Crippen LogP contribution < -0.4 is 9.64 Å². The lowest BCUT2D eigenvalue weighted by atomic mass is 10.0. The molecule has 0 saturated carbocycles. The van der Waals surface area contributed by atoms with Gasteiger partial charge in [-0.2, -0.15) is 0 Å². The normalized spacial score (nSPS) is 11.8. The Bertz CT molecular complexity index is 1170. The minimum absolute atomic E-state index is 0.0677. The van der Waals surface area contributed by atoms with Crippen molar-refractivity contribution in [3.8, 4) is 16.9 Å². The van der Waals surface area contributed by atoms with Gasteiger partial charge in [0.1, 0.15) is 18.5 Å². The largest absolute Gasteiger partial charge is 0.491 e. The van der Waals surface area contributed by atoms with Crippen molar-refractivity contribution < 1.29 is 14.9 Å². The summed E-state index contributed by atoms with van der Waals surface area (Å²) < 4.78 is 6.49. The Morgan fingerprint density at radius 2 is 1.21 bits per heavy atom. The second-order valence-electron chi connectivity index (χ2n) is 8.19. The van der Waals surface area contributed by atoms with E-state index >= 15 is 0 Å². The van der Waals surface area contributed by atoms with E-state index in [2.05, 4.69) is 107 Å². The number of ether oxygens (including phenoxy) is 1. The van der Waals surface area contributed by atoms with Crippen LogP contribution in [-0.4, -0.2) is 29.5 Å². The monoisotopic (exact) mass is 565 g/mol. The summed E-state index contributed by atoms with van der Waals surface area (Å²) >= 11 is 2.39. The van der Waals surface area contributed by atoms with E-state index in [-0.39, 0.29) is 13.2 Å². The van der Waals surface area contributed by atoms with Gasteiger partial charge >= 0.3 is 0 Å². The molecule has 0 aliphatic rings. The second kappa shape index (κ2) is 11.5. The van der Waals surface area contributed by atoms with E-state index < -0.39 is 6.10 Å². The van der Waals surface area contributed by atoms with Crippen LogP contribution in [0.15, 0.2) is 97.1 Å². The zero-order valence-corrected chi connectivity index (χ0v) is 21.2. The van der Waals surface area contributed by atoms with E-state index in [1.165, 1.54) is 11.1 Å². The SMILES string of the molecule is Cc1ccc(N(c2ccc(CI)cc2)c2ccc(-c3ccc(OCC(O)CO)cc3)cc2)cc1. The van der Waals surface area contributed by atoms with E-state index in [9.17, 15) is 5.11 Å². The highest BCUT2D eigenvalue weighted by molar-refractivity contribution is 14.1. The molecule has 0 bridgehead atoms. The Kier molecular flexibility index (Phi) is 8.21. The summed E-state index contributed by atoms with van der Waals surface area (Å²) in [6.45, 7) is 1.86. The van der Waals surface area contributed by atoms with Gasteiger partial charge in [0.2, 0.25) is 0 Å². The molecule has 5 heteroatoms. The van der Waals surface area contributed by atoms with Crippen LogP contribution >= 0.6 is 22.6 Å². The van der Waals surface area contributed by atoms with Crippen molar-refractivity contribution in [2.24, 2.45) is 0 Å². The summed E-state index contributed by atoms with van der Waals surface area (Å²) in [7, 11) is 0. The molecule has 1 unspecified atom stereocenters. The molecular weight excluding hydrogens is 537 g/mol. The van der Waals surface area contributed by atoms with Crippen LogP contribution in [0.4, 0.5) is 17.1 Å². The van der Waals surface area contributed by atoms with Gasteiger partial charge in [-0.15, -0.1) is 0 Å². The lowest BCUT2D eigenvalue weighted by molar-refractivity contribution is 0.0536. The van der Waals surface area contributed by atoms with E-state index in [1.54, 1.807) is 0 Å². The molecule has 2 N–H and O–H groups in total. The fourth-order valence-electron chi connectivity index (χ4n) is 3.67. The average Bonchev–Trinajstić information content (AvgIpc) is 2.89. The lowest BCUT2D eigenvalue weighted by Gasteiger charge is -2.26. The highest BCUT2D eigenvalue weighted by Crippen LogP contribution is 2.36. The number of benzene rings is 4. The number of nitrogens with zero attached hydrogens (tertiary/aromatic N) is 1. The smallest absolute Gasteiger partial charge is 0.119 e. The maximum Gasteiger partial charge on any atom is 0.119 e. The molecule has 0 amide bonds. The number of anilines is 3. The van der Waals surface area contributed by atoms with Crippen LogP contribution in [0.2, 0.25) is 0 Å². The zero-order valence-electron chi connectivity index (χ0n) is 19.1. The fraction of sp³-hybridized carbons (Fsp3) is 0.172. The Morgan fingerprint density at radius 3 is 1.71 bits per heavy atom. The molecule has 0 radical (unpaired) electrons. The van der Waals surface area contributed by atoms with Crippen molar-refractivity contribution in [3.05, 3.63) is 108 Å². The molecule has 4 aromatic rings. The third kappa shape index (κ3) is 5.97. The molecule has 0 heterocycles. The van der Waals surface area contributed by atoms with Gasteiger partial charge in [0.25, 0.3) is 0 Å². The maximum atomic E-state index is 9.45. The number of hydrogen-bond donors (Lipinski definition) is 2. The van der Waals surface area contributed by atoms with Crippen molar-refractivity contribution in [2.45, 2.75) is 17.5 Å². The molecule has 4 nitrogen and oxygen atoms in total. The van der Waals surface area contributed by atoms with Gasteiger partial charge in [-0.3, -0.25) is 0 Å². The predicted molar refractivity (Wildman–Crippen MR) is 148 cm³/mol. The summed E-state index contributed by atoms with van der Waals surface area (Å²) in [5.41, 5.74) is 8.06. The summed E-state index contributed by atoms with van der Waals surface area (Å²) in [6.07, 6.45) is -0.874. The maximum absolute atomic E-state index is 9.45. The number of aryl methyl sites for hydroxylation is 1.